The van der Waals surface area contributed by atoms with Crippen molar-refractivity contribution >= 4 is 17.6 Å². The number of carbonyl (C=O) groups is 2. The minimum absolute atomic E-state index is 0.0823. The molecule has 2 aromatic carbocycles. The molecule has 0 spiro atoms. The Kier molecular flexibility index (Phi) is 6.05. The van der Waals surface area contributed by atoms with Crippen LogP contribution >= 0.6 is 0 Å². The molecular weight excluding hydrogens is 326 g/mol. The minimum atomic E-state index is -0.426. The highest BCUT2D eigenvalue weighted by atomic mass is 16.5. The summed E-state index contributed by atoms with van der Waals surface area (Å²) in [5.41, 5.74) is 3.14. The minimum Gasteiger partial charge on any atom is -0.466 e. The largest absolute Gasteiger partial charge is 0.466 e. The summed E-state index contributed by atoms with van der Waals surface area (Å²) >= 11 is 0. The molecule has 0 unspecified atom stereocenters. The maximum absolute atomic E-state index is 12.8. The molecule has 0 bridgehead atoms. The van der Waals surface area contributed by atoms with E-state index in [1.54, 1.807) is 6.92 Å². The lowest BCUT2D eigenvalue weighted by molar-refractivity contribution is -0.152. The molecule has 0 fully saturated rings. The zero-order valence-corrected chi connectivity index (χ0v) is 15.1. The number of hydrogen-bond donors (Lipinski definition) is 1. The first-order chi connectivity index (χ1) is 12.7. The number of amides is 1. The molecule has 0 saturated carbocycles. The lowest BCUT2D eigenvalue weighted by atomic mass is 9.83. The molecule has 136 valence electrons. The summed E-state index contributed by atoms with van der Waals surface area (Å²) in [4.78, 5) is 25.4. The third-order valence-corrected chi connectivity index (χ3v) is 5.00. The highest BCUT2D eigenvalue weighted by molar-refractivity contribution is 5.96. The average Bonchev–Trinajstić information content (AvgIpc) is 2.82. The Hall–Kier alpha value is -2.62. The number of aryl methyl sites for hydroxylation is 2. The van der Waals surface area contributed by atoms with Crippen molar-refractivity contribution in [3.8, 4) is 0 Å². The molecule has 1 N–H and O–H groups in total. The van der Waals surface area contributed by atoms with Gasteiger partial charge in [-0.1, -0.05) is 48.5 Å². The predicted molar refractivity (Wildman–Crippen MR) is 102 cm³/mol. The maximum Gasteiger partial charge on any atom is 0.309 e. The van der Waals surface area contributed by atoms with Gasteiger partial charge in [0.05, 0.1) is 18.4 Å². The molecule has 1 heterocycles. The smallest absolute Gasteiger partial charge is 0.309 e. The van der Waals surface area contributed by atoms with E-state index in [2.05, 4.69) is 5.32 Å². The quantitative estimate of drug-likeness (QED) is 0.800. The number of hydrogen-bond acceptors (Lipinski definition) is 3. The predicted octanol–water partition coefficient (Wildman–Crippen LogP) is 4.00. The highest BCUT2D eigenvalue weighted by Gasteiger charge is 2.36. The Balaban J connectivity index is 1.77. The molecule has 26 heavy (non-hydrogen) atoms. The van der Waals surface area contributed by atoms with Crippen LogP contribution in [0.1, 0.15) is 30.9 Å². The van der Waals surface area contributed by atoms with E-state index in [1.165, 1.54) is 5.56 Å². The van der Waals surface area contributed by atoms with E-state index in [4.69, 9.17) is 4.74 Å². The van der Waals surface area contributed by atoms with E-state index in [0.717, 1.165) is 24.1 Å². The van der Waals surface area contributed by atoms with Gasteiger partial charge in [0.15, 0.2) is 0 Å². The Labute approximate surface area is 154 Å². The van der Waals surface area contributed by atoms with E-state index < -0.39 is 5.92 Å². The topological polar surface area (TPSA) is 55.4 Å². The van der Waals surface area contributed by atoms with Gasteiger partial charge in [0.2, 0.25) is 5.91 Å². The fraction of sp³-hybridized carbons (Fsp3) is 0.364. The summed E-state index contributed by atoms with van der Waals surface area (Å²) in [7, 11) is 0. The summed E-state index contributed by atoms with van der Waals surface area (Å²) in [6, 6.07) is 17.9. The van der Waals surface area contributed by atoms with Gasteiger partial charge in [0, 0.05) is 5.69 Å². The molecule has 0 aromatic heterocycles. The van der Waals surface area contributed by atoms with Gasteiger partial charge in [0.25, 0.3) is 0 Å². The van der Waals surface area contributed by atoms with Crippen LogP contribution in [0, 0.1) is 11.8 Å². The van der Waals surface area contributed by atoms with Crippen LogP contribution in [0.15, 0.2) is 54.6 Å². The molecular formula is C22H25NO3. The van der Waals surface area contributed by atoms with Gasteiger partial charge in [-0.3, -0.25) is 9.59 Å². The number of carbonyl (C=O) groups excluding carboxylic acids is 2. The average molecular weight is 351 g/mol. The van der Waals surface area contributed by atoms with E-state index >= 15 is 0 Å². The third-order valence-electron chi connectivity index (χ3n) is 5.00. The van der Waals surface area contributed by atoms with E-state index in [1.807, 2.05) is 54.6 Å². The molecule has 4 nitrogen and oxygen atoms in total. The first-order valence-electron chi connectivity index (χ1n) is 9.28. The Morgan fingerprint density at radius 3 is 2.65 bits per heavy atom. The van der Waals surface area contributed by atoms with E-state index in [-0.39, 0.29) is 17.8 Å². The van der Waals surface area contributed by atoms with Gasteiger partial charge in [-0.2, -0.15) is 0 Å². The number of ether oxygens (including phenoxy) is 1. The van der Waals surface area contributed by atoms with Crippen LogP contribution in [0.5, 0.6) is 0 Å². The van der Waals surface area contributed by atoms with Crippen molar-refractivity contribution in [3.63, 3.8) is 0 Å². The zero-order valence-electron chi connectivity index (χ0n) is 15.1. The first kappa shape index (κ1) is 18.2. The molecule has 1 amide bonds. The fourth-order valence-electron chi connectivity index (χ4n) is 3.61. The lowest BCUT2D eigenvalue weighted by Crippen LogP contribution is -2.34. The van der Waals surface area contributed by atoms with Gasteiger partial charge in [0.1, 0.15) is 0 Å². The van der Waals surface area contributed by atoms with Gasteiger partial charge < -0.3 is 10.1 Å². The van der Waals surface area contributed by atoms with Gasteiger partial charge in [-0.15, -0.1) is 0 Å². The summed E-state index contributed by atoms with van der Waals surface area (Å²) in [6.07, 6.45) is 2.79. The number of para-hydroxylation sites is 1. The number of nitrogens with one attached hydrogen (secondary N) is 1. The Morgan fingerprint density at radius 2 is 1.88 bits per heavy atom. The second-order valence-electron chi connectivity index (χ2n) is 6.67. The molecule has 1 aliphatic rings. The number of anilines is 1. The molecule has 0 radical (unpaired) electrons. The van der Waals surface area contributed by atoms with Gasteiger partial charge in [-0.25, -0.2) is 0 Å². The van der Waals surface area contributed by atoms with Crippen molar-refractivity contribution in [3.05, 3.63) is 65.7 Å². The van der Waals surface area contributed by atoms with Crippen LogP contribution < -0.4 is 5.32 Å². The van der Waals surface area contributed by atoms with E-state index in [9.17, 15) is 9.59 Å². The third kappa shape index (κ3) is 4.31. The Bertz CT molecular complexity index is 757. The molecule has 4 heteroatoms. The highest BCUT2D eigenvalue weighted by Crippen LogP contribution is 2.31. The summed E-state index contributed by atoms with van der Waals surface area (Å²) in [5, 5.41) is 3.00. The SMILES string of the molecule is CCOC(=O)[C@@H](CCc1ccccc1)[C@@H]1CCc2ccccc2NC1=O. The van der Waals surface area contributed by atoms with Crippen molar-refractivity contribution in [2.75, 3.05) is 11.9 Å². The normalized spacial score (nSPS) is 17.6. The van der Waals surface area contributed by atoms with Crippen molar-refractivity contribution in [1.82, 2.24) is 0 Å². The number of rotatable bonds is 6. The summed E-state index contributed by atoms with van der Waals surface area (Å²) in [6.45, 7) is 2.13. The Morgan fingerprint density at radius 1 is 1.15 bits per heavy atom. The van der Waals surface area contributed by atoms with Crippen LogP contribution in [0.3, 0.4) is 0 Å². The lowest BCUT2D eigenvalue weighted by Gasteiger charge is -2.23. The summed E-state index contributed by atoms with van der Waals surface area (Å²) < 4.78 is 5.29. The van der Waals surface area contributed by atoms with Gasteiger partial charge in [-0.05, 0) is 49.8 Å². The molecule has 3 rings (SSSR count). The molecule has 2 aromatic rings. The monoisotopic (exact) mass is 351 g/mol. The van der Waals surface area contributed by atoms with Crippen molar-refractivity contribution < 1.29 is 14.3 Å². The standard InChI is InChI=1S/C22H25NO3/c1-2-26-22(25)19(14-12-16-8-4-3-5-9-16)18-15-13-17-10-6-7-11-20(17)23-21(18)24/h3-11,18-19H,2,12-15H2,1H3,(H,23,24)/t18-,19-/m0/s1. The van der Waals surface area contributed by atoms with E-state index in [0.29, 0.717) is 19.4 Å². The molecule has 0 aliphatic carbocycles. The molecule has 2 atom stereocenters. The van der Waals surface area contributed by atoms with Crippen molar-refractivity contribution in [2.24, 2.45) is 11.8 Å². The van der Waals surface area contributed by atoms with Crippen LogP contribution in [0.25, 0.3) is 0 Å². The fourth-order valence-corrected chi connectivity index (χ4v) is 3.61. The molecule has 0 saturated heterocycles. The van der Waals surface area contributed by atoms with Gasteiger partial charge >= 0.3 is 5.97 Å². The second kappa shape index (κ2) is 8.65. The number of benzene rings is 2. The van der Waals surface area contributed by atoms with Crippen LogP contribution in [-0.2, 0) is 27.2 Å². The second-order valence-corrected chi connectivity index (χ2v) is 6.67. The van der Waals surface area contributed by atoms with Crippen LogP contribution in [0.2, 0.25) is 0 Å². The molecule has 1 aliphatic heterocycles. The van der Waals surface area contributed by atoms with Crippen molar-refractivity contribution in [1.29, 1.82) is 0 Å². The maximum atomic E-state index is 12.8. The number of fused-ring (bicyclic) bond motifs is 1. The van der Waals surface area contributed by atoms with Crippen molar-refractivity contribution in [2.45, 2.75) is 32.6 Å². The number of esters is 1. The zero-order chi connectivity index (χ0) is 18.4. The first-order valence-corrected chi connectivity index (χ1v) is 9.28. The summed E-state index contributed by atoms with van der Waals surface area (Å²) in [5.74, 6) is -1.15. The van der Waals surface area contributed by atoms with Crippen LogP contribution in [0.4, 0.5) is 5.69 Å². The van der Waals surface area contributed by atoms with Crippen LogP contribution in [-0.4, -0.2) is 18.5 Å².